The molecule has 0 unspecified atom stereocenters. The Morgan fingerprint density at radius 2 is 1.24 bits per heavy atom. The highest BCUT2D eigenvalue weighted by Crippen LogP contribution is 2.44. The Balaban J connectivity index is 1.30. The molecule has 0 heterocycles. The summed E-state index contributed by atoms with van der Waals surface area (Å²) in [4.78, 5) is 5.12. The maximum Gasteiger partial charge on any atom is 0.127 e. The van der Waals surface area contributed by atoms with Crippen molar-refractivity contribution in [3.63, 3.8) is 0 Å². The predicted molar refractivity (Wildman–Crippen MR) is 211 cm³/mol. The number of benzene rings is 7. The first kappa shape index (κ1) is 30.4. The Hall–Kier alpha value is -5.99. The van der Waals surface area contributed by atoms with Crippen LogP contribution in [0.15, 0.2) is 180 Å². The minimum absolute atomic E-state index is 0.590. The minimum atomic E-state index is 0.590. The molecule has 0 fully saturated rings. The second kappa shape index (κ2) is 13.6. The molecule has 1 aliphatic rings. The number of allylic oxidation sites excluding steroid dienone is 4. The van der Waals surface area contributed by atoms with Crippen LogP contribution in [0.5, 0.6) is 0 Å². The molecule has 0 aromatic heterocycles. The molecule has 2 heteroatoms. The van der Waals surface area contributed by atoms with Crippen molar-refractivity contribution >= 4 is 43.9 Å². The maximum atomic E-state index is 6.74. The highest BCUT2D eigenvalue weighted by molar-refractivity contribution is 6.21. The fourth-order valence-electron chi connectivity index (χ4n) is 7.18. The zero-order chi connectivity index (χ0) is 33.0. The van der Waals surface area contributed by atoms with E-state index < -0.39 is 0 Å². The van der Waals surface area contributed by atoms with Gasteiger partial charge in [0.25, 0.3) is 0 Å². The van der Waals surface area contributed by atoms with Gasteiger partial charge in [0.2, 0.25) is 0 Å². The molecule has 0 spiro atoms. The number of aliphatic imine (C=N–C) groups is 1. The van der Waals surface area contributed by atoms with Gasteiger partial charge in [-0.15, -0.1) is 0 Å². The summed E-state index contributed by atoms with van der Waals surface area (Å²) < 4.78 is 0. The number of hydrogen-bond acceptors (Lipinski definition) is 1. The molecular weight excluding hydrogens is 593 g/mol. The van der Waals surface area contributed by atoms with Crippen LogP contribution in [0.2, 0.25) is 0 Å². The monoisotopic (exact) mass is 630 g/mol. The van der Waals surface area contributed by atoms with Crippen LogP contribution in [-0.2, 0) is 6.42 Å². The Labute approximate surface area is 288 Å². The fraction of sp³-hybridized carbons (Fsp3) is 0.0851. The van der Waals surface area contributed by atoms with Crippen molar-refractivity contribution < 1.29 is 0 Å². The molecule has 0 saturated carbocycles. The lowest BCUT2D eigenvalue weighted by Gasteiger charge is -2.18. The molecule has 0 saturated heterocycles. The number of nitrogens with two attached hydrogens (primary N) is 1. The van der Waals surface area contributed by atoms with Crippen molar-refractivity contribution in [1.29, 1.82) is 0 Å². The number of amidine groups is 1. The summed E-state index contributed by atoms with van der Waals surface area (Å²) in [6, 6.07) is 52.5. The van der Waals surface area contributed by atoms with E-state index in [-0.39, 0.29) is 0 Å². The van der Waals surface area contributed by atoms with Gasteiger partial charge in [-0.1, -0.05) is 158 Å². The molecule has 49 heavy (non-hydrogen) atoms. The molecule has 0 amide bonds. The molecule has 0 atom stereocenters. The summed E-state index contributed by atoms with van der Waals surface area (Å²) in [6.07, 6.45) is 12.5. The predicted octanol–water partition coefficient (Wildman–Crippen LogP) is 12.1. The largest absolute Gasteiger partial charge is 0.383 e. The topological polar surface area (TPSA) is 38.4 Å². The quantitative estimate of drug-likeness (QED) is 0.106. The van der Waals surface area contributed by atoms with E-state index in [1.807, 2.05) is 0 Å². The SMILES string of the molecule is NC(=N/C(=C\Cc1ccccc1)c1cccc(-c2c3ccccc3c(-c3ccc4ccccc4c3)c3ccccc23)c1)C1=CC=CCCC1. The van der Waals surface area contributed by atoms with Crippen molar-refractivity contribution in [1.82, 2.24) is 0 Å². The summed E-state index contributed by atoms with van der Waals surface area (Å²) in [5, 5.41) is 7.44. The van der Waals surface area contributed by atoms with E-state index >= 15 is 0 Å². The summed E-state index contributed by atoms with van der Waals surface area (Å²) in [5.41, 5.74) is 15.9. The van der Waals surface area contributed by atoms with Crippen molar-refractivity contribution in [2.75, 3.05) is 0 Å². The van der Waals surface area contributed by atoms with Crippen molar-refractivity contribution in [2.24, 2.45) is 10.7 Å². The van der Waals surface area contributed by atoms with E-state index in [4.69, 9.17) is 10.7 Å². The van der Waals surface area contributed by atoms with Gasteiger partial charge in [0.15, 0.2) is 0 Å². The van der Waals surface area contributed by atoms with Crippen LogP contribution in [-0.4, -0.2) is 5.84 Å². The number of fused-ring (bicyclic) bond motifs is 3. The third kappa shape index (κ3) is 6.22. The Morgan fingerprint density at radius 3 is 1.96 bits per heavy atom. The first-order valence-electron chi connectivity index (χ1n) is 17.2. The second-order valence-electron chi connectivity index (χ2n) is 12.8. The second-order valence-corrected chi connectivity index (χ2v) is 12.8. The van der Waals surface area contributed by atoms with E-state index in [1.54, 1.807) is 0 Å². The molecule has 7 aromatic carbocycles. The van der Waals surface area contributed by atoms with Gasteiger partial charge in [-0.25, -0.2) is 4.99 Å². The first-order valence-corrected chi connectivity index (χ1v) is 17.2. The molecular formula is C47H38N2. The smallest absolute Gasteiger partial charge is 0.127 e. The zero-order valence-electron chi connectivity index (χ0n) is 27.5. The van der Waals surface area contributed by atoms with Crippen LogP contribution >= 0.6 is 0 Å². The third-order valence-corrected chi connectivity index (χ3v) is 9.61. The molecule has 8 rings (SSSR count). The average molecular weight is 631 g/mol. The van der Waals surface area contributed by atoms with Gasteiger partial charge in [0.1, 0.15) is 5.84 Å². The number of rotatable bonds is 7. The Morgan fingerprint density at radius 1 is 0.612 bits per heavy atom. The number of nitrogens with zero attached hydrogens (tertiary/aromatic N) is 1. The maximum absolute atomic E-state index is 6.74. The lowest BCUT2D eigenvalue weighted by Crippen LogP contribution is -2.15. The molecule has 2 nitrogen and oxygen atoms in total. The van der Waals surface area contributed by atoms with Crippen molar-refractivity contribution in [2.45, 2.75) is 25.7 Å². The van der Waals surface area contributed by atoms with Crippen LogP contribution in [0.3, 0.4) is 0 Å². The number of hydrogen-bond donors (Lipinski definition) is 1. The van der Waals surface area contributed by atoms with Gasteiger partial charge in [0, 0.05) is 5.56 Å². The van der Waals surface area contributed by atoms with Gasteiger partial charge >= 0.3 is 0 Å². The molecule has 0 radical (unpaired) electrons. The van der Waals surface area contributed by atoms with Crippen LogP contribution < -0.4 is 5.73 Å². The standard InChI is InChI=1S/C47H38N2/c48-47(35-18-6-1-2-7-19-35)49-44(30-27-33-15-4-3-5-16-33)37-21-14-22-38(32-37)45-40-23-10-12-25-42(40)46(43-26-13-11-24-41(43)45)39-29-28-34-17-8-9-20-36(34)31-39/h1,3-6,8-18,20-26,28-32H,2,7,19,27H2,(H2,48,49)/b44-30-. The summed E-state index contributed by atoms with van der Waals surface area (Å²) in [5.74, 6) is 0.590. The summed E-state index contributed by atoms with van der Waals surface area (Å²) in [7, 11) is 0. The minimum Gasteiger partial charge on any atom is -0.383 e. The molecule has 7 aromatic rings. The molecule has 2 N–H and O–H groups in total. The van der Waals surface area contributed by atoms with E-state index in [2.05, 4.69) is 170 Å². The zero-order valence-corrected chi connectivity index (χ0v) is 27.5. The van der Waals surface area contributed by atoms with Gasteiger partial charge in [-0.05, 0) is 104 Å². The van der Waals surface area contributed by atoms with Gasteiger partial charge in [-0.3, -0.25) is 0 Å². The van der Waals surface area contributed by atoms with Crippen molar-refractivity contribution in [3.05, 3.63) is 187 Å². The molecule has 236 valence electrons. The summed E-state index contributed by atoms with van der Waals surface area (Å²) in [6.45, 7) is 0. The van der Waals surface area contributed by atoms with E-state index in [0.29, 0.717) is 5.84 Å². The van der Waals surface area contributed by atoms with Gasteiger partial charge in [-0.2, -0.15) is 0 Å². The summed E-state index contributed by atoms with van der Waals surface area (Å²) >= 11 is 0. The molecule has 0 bridgehead atoms. The highest BCUT2D eigenvalue weighted by atomic mass is 14.9. The van der Waals surface area contributed by atoms with E-state index in [0.717, 1.165) is 48.1 Å². The lowest BCUT2D eigenvalue weighted by atomic mass is 9.85. The normalized spacial score (nSPS) is 13.9. The third-order valence-electron chi connectivity index (χ3n) is 9.61. The lowest BCUT2D eigenvalue weighted by molar-refractivity contribution is 0.859. The average Bonchev–Trinajstić information content (AvgIpc) is 3.46. The highest BCUT2D eigenvalue weighted by Gasteiger charge is 2.17. The van der Waals surface area contributed by atoms with Crippen LogP contribution in [0.4, 0.5) is 0 Å². The van der Waals surface area contributed by atoms with Gasteiger partial charge < -0.3 is 5.73 Å². The van der Waals surface area contributed by atoms with E-state index in [9.17, 15) is 0 Å². The Bertz CT molecular complexity index is 2390. The van der Waals surface area contributed by atoms with Crippen molar-refractivity contribution in [3.8, 4) is 22.3 Å². The van der Waals surface area contributed by atoms with Gasteiger partial charge in [0.05, 0.1) is 5.70 Å². The van der Waals surface area contributed by atoms with Crippen LogP contribution in [0.25, 0.3) is 60.3 Å². The van der Waals surface area contributed by atoms with E-state index in [1.165, 1.54) is 54.6 Å². The van der Waals surface area contributed by atoms with Crippen LogP contribution in [0.1, 0.15) is 30.4 Å². The Kier molecular flexibility index (Phi) is 8.44. The molecule has 0 aliphatic heterocycles. The fourth-order valence-corrected chi connectivity index (χ4v) is 7.18. The first-order chi connectivity index (χ1) is 24.2. The molecule has 1 aliphatic carbocycles. The van der Waals surface area contributed by atoms with Crippen LogP contribution in [0, 0.1) is 0 Å².